The molecule has 0 bridgehead atoms. The Hall–Kier alpha value is -0.400. The Labute approximate surface area is 254 Å². The summed E-state index contributed by atoms with van der Waals surface area (Å²) in [5.74, 6) is -3.34. The minimum atomic E-state index is -6.91. The van der Waals surface area contributed by atoms with Gasteiger partial charge in [0, 0.05) is 7.14 Å². The minimum absolute atomic E-state index is 0.0516. The van der Waals surface area contributed by atoms with Crippen LogP contribution in [0.4, 0.5) is 22.0 Å². The molecule has 1 unspecified atom stereocenters. The topological polar surface area (TPSA) is 110 Å². The molecule has 2 aromatic carbocycles. The van der Waals surface area contributed by atoms with Crippen molar-refractivity contribution in [1.82, 2.24) is 0 Å². The zero-order valence-corrected chi connectivity index (χ0v) is 26.3. The number of rotatable bonds is 7. The zero-order valence-electron chi connectivity index (χ0n) is 16.8. The van der Waals surface area contributed by atoms with Gasteiger partial charge in [-0.15, -0.1) is 0 Å². The van der Waals surface area contributed by atoms with Gasteiger partial charge in [0.25, 0.3) is 6.10 Å². The van der Waals surface area contributed by atoms with E-state index in [4.69, 9.17) is 4.74 Å². The first-order valence-electron chi connectivity index (χ1n) is 8.74. The summed E-state index contributed by atoms with van der Waals surface area (Å²) in [6, 6.07) is 5.40. The van der Waals surface area contributed by atoms with E-state index in [1.165, 1.54) is 6.07 Å². The highest BCUT2D eigenvalue weighted by atomic mass is 127. The van der Waals surface area contributed by atoms with Gasteiger partial charge in [-0.2, -0.15) is 22.0 Å². The summed E-state index contributed by atoms with van der Waals surface area (Å²) >= 11 is 7.28. The van der Waals surface area contributed by atoms with Crippen LogP contribution in [0.1, 0.15) is 26.3 Å². The van der Waals surface area contributed by atoms with E-state index in [2.05, 4.69) is 11.3 Å². The first kappa shape index (κ1) is 31.8. The Morgan fingerprint density at radius 1 is 0.944 bits per heavy atom. The first-order valence-corrected chi connectivity index (χ1v) is 14.5. The van der Waals surface area contributed by atoms with Gasteiger partial charge < -0.3 is 14.0 Å². The Bertz CT molecular complexity index is 1320. The summed E-state index contributed by atoms with van der Waals surface area (Å²) < 4.78 is 111. The number of carbonyl (C=O) groups is 2. The molecule has 2 rings (SSSR count). The molecule has 0 aliphatic heterocycles. The van der Waals surface area contributed by atoms with Crippen LogP contribution in [0, 0.1) is 14.3 Å². The van der Waals surface area contributed by atoms with Crippen molar-refractivity contribution in [1.29, 1.82) is 0 Å². The number of hydrogen-bond donors (Lipinski definition) is 0. The lowest BCUT2D eigenvalue weighted by atomic mass is 10.0. The molecule has 1 atom stereocenters. The number of carbonyl (C=O) groups excluding carboxylic acids is 2. The van der Waals surface area contributed by atoms with E-state index in [9.17, 15) is 44.5 Å². The minimum Gasteiger partial charge on any atom is -0.743 e. The Kier molecular flexibility index (Phi) is 10.4. The summed E-state index contributed by atoms with van der Waals surface area (Å²) in [6.45, 7) is 3.42. The van der Waals surface area contributed by atoms with Gasteiger partial charge in [-0.05, 0) is 120 Å². The third kappa shape index (κ3) is 7.16. The SMILES string of the molecule is C=Cc1cc(I)c(C(=O)Oc2c(I)cc(I)cc2I)c(C(=O)OC(C(F)(F)F)C(F)(F)S(=O)(=O)[O-])c1. The van der Waals surface area contributed by atoms with Crippen molar-refractivity contribution in [3.63, 3.8) is 0 Å². The smallest absolute Gasteiger partial charge is 0.432 e. The fourth-order valence-corrected chi connectivity index (χ4v) is 7.63. The van der Waals surface area contributed by atoms with Gasteiger partial charge in [0.2, 0.25) is 0 Å². The standard InChI is InChI=1S/C19H9F5I4O7S/c1-2-7-3-9(15(29)35-17(18(20,21)22)19(23,24)36(31,32)33)13(10(26)4-7)16(30)34-14-11(27)5-8(25)6-12(14)28/h2-6,17H,1H2,(H,31,32,33)/p-1. The van der Waals surface area contributed by atoms with E-state index in [-0.39, 0.29) is 14.9 Å². The van der Waals surface area contributed by atoms with E-state index in [0.717, 1.165) is 15.7 Å². The van der Waals surface area contributed by atoms with Gasteiger partial charge in [0.1, 0.15) is 0 Å². The molecule has 0 saturated carbocycles. The maximum absolute atomic E-state index is 13.9. The number of halogens is 9. The molecule has 36 heavy (non-hydrogen) atoms. The molecular formula is C19H8F5I4O7S-. The number of alkyl halides is 5. The predicted molar refractivity (Wildman–Crippen MR) is 149 cm³/mol. The van der Waals surface area contributed by atoms with Gasteiger partial charge in [-0.3, -0.25) is 0 Å². The molecule has 0 fully saturated rings. The van der Waals surface area contributed by atoms with Crippen molar-refractivity contribution in [2.24, 2.45) is 0 Å². The van der Waals surface area contributed by atoms with Gasteiger partial charge in [-0.1, -0.05) is 12.7 Å². The molecule has 0 spiro atoms. The lowest BCUT2D eigenvalue weighted by Gasteiger charge is -2.29. The summed E-state index contributed by atoms with van der Waals surface area (Å²) in [4.78, 5) is 25.7. The zero-order chi connectivity index (χ0) is 27.8. The Morgan fingerprint density at radius 2 is 1.47 bits per heavy atom. The van der Waals surface area contributed by atoms with E-state index < -0.39 is 50.7 Å². The molecule has 0 saturated heterocycles. The van der Waals surface area contributed by atoms with E-state index in [0.29, 0.717) is 7.14 Å². The highest BCUT2D eigenvalue weighted by Gasteiger charge is 2.63. The molecule has 0 aromatic heterocycles. The van der Waals surface area contributed by atoms with Gasteiger partial charge in [-0.25, -0.2) is 18.0 Å². The van der Waals surface area contributed by atoms with Crippen LogP contribution in [0.3, 0.4) is 0 Å². The van der Waals surface area contributed by atoms with Gasteiger partial charge in [0.15, 0.2) is 15.9 Å². The molecule has 0 radical (unpaired) electrons. The molecule has 0 aliphatic carbocycles. The largest absolute Gasteiger partial charge is 0.743 e. The Morgan fingerprint density at radius 3 is 1.92 bits per heavy atom. The maximum Gasteiger partial charge on any atom is 0.432 e. The van der Waals surface area contributed by atoms with Crippen LogP contribution in [0.5, 0.6) is 5.75 Å². The average molecular weight is 983 g/mol. The molecule has 0 heterocycles. The molecule has 7 nitrogen and oxygen atoms in total. The van der Waals surface area contributed by atoms with Crippen molar-refractivity contribution in [3.05, 3.63) is 61.8 Å². The Balaban J connectivity index is 2.63. The fourth-order valence-electron chi connectivity index (χ4n) is 2.51. The summed E-state index contributed by atoms with van der Waals surface area (Å²) in [6.07, 6.45) is -9.67. The number of ether oxygens (including phenoxy) is 2. The molecule has 0 N–H and O–H groups in total. The molecule has 196 valence electrons. The van der Waals surface area contributed by atoms with E-state index in [1.54, 1.807) is 34.7 Å². The molecular weight excluding hydrogens is 975 g/mol. The van der Waals surface area contributed by atoms with Crippen LogP contribution in [-0.4, -0.2) is 42.4 Å². The van der Waals surface area contributed by atoms with E-state index in [1.807, 2.05) is 67.8 Å². The molecule has 0 amide bonds. The average Bonchev–Trinajstić information content (AvgIpc) is 2.71. The van der Waals surface area contributed by atoms with Crippen molar-refractivity contribution < 1.29 is 54.0 Å². The van der Waals surface area contributed by atoms with Crippen molar-refractivity contribution in [2.45, 2.75) is 17.5 Å². The van der Waals surface area contributed by atoms with Crippen LogP contribution in [0.2, 0.25) is 0 Å². The van der Waals surface area contributed by atoms with Crippen molar-refractivity contribution in [3.8, 4) is 5.75 Å². The van der Waals surface area contributed by atoms with Crippen molar-refractivity contribution in [2.75, 3.05) is 0 Å². The van der Waals surface area contributed by atoms with Crippen LogP contribution in [0.25, 0.3) is 6.08 Å². The van der Waals surface area contributed by atoms with Crippen LogP contribution in [0.15, 0.2) is 30.8 Å². The van der Waals surface area contributed by atoms with E-state index >= 15 is 0 Å². The van der Waals surface area contributed by atoms with Gasteiger partial charge >= 0.3 is 23.4 Å². The third-order valence-electron chi connectivity index (χ3n) is 4.09. The fraction of sp³-hybridized carbons (Fsp3) is 0.158. The summed E-state index contributed by atoms with van der Waals surface area (Å²) in [5, 5.41) is -6.06. The highest BCUT2D eigenvalue weighted by molar-refractivity contribution is 14.1. The molecule has 0 aliphatic rings. The molecule has 17 heteroatoms. The number of esters is 2. The maximum atomic E-state index is 13.9. The van der Waals surface area contributed by atoms with Crippen LogP contribution in [-0.2, 0) is 14.9 Å². The molecule has 2 aromatic rings. The number of hydrogen-bond acceptors (Lipinski definition) is 7. The lowest BCUT2D eigenvalue weighted by Crippen LogP contribution is -2.52. The van der Waals surface area contributed by atoms with Gasteiger partial charge in [0.05, 0.1) is 18.3 Å². The second kappa shape index (κ2) is 11.8. The first-order chi connectivity index (χ1) is 16.3. The second-order valence-electron chi connectivity index (χ2n) is 6.56. The van der Waals surface area contributed by atoms with Crippen LogP contribution >= 0.6 is 90.4 Å². The van der Waals surface area contributed by atoms with Crippen molar-refractivity contribution >= 4 is 118 Å². The summed E-state index contributed by atoms with van der Waals surface area (Å²) in [7, 11) is -6.91. The predicted octanol–water partition coefficient (Wildman–Crippen LogP) is 6.19. The monoisotopic (exact) mass is 983 g/mol. The highest BCUT2D eigenvalue weighted by Crippen LogP contribution is 2.39. The third-order valence-corrected chi connectivity index (χ3v) is 8.05. The normalized spacial score (nSPS) is 13.2. The second-order valence-corrected chi connectivity index (χ2v) is 12.7. The lowest BCUT2D eigenvalue weighted by molar-refractivity contribution is -0.248. The number of benzene rings is 2. The quantitative estimate of drug-likeness (QED) is 0.107. The van der Waals surface area contributed by atoms with Crippen LogP contribution < -0.4 is 4.74 Å². The summed E-state index contributed by atoms with van der Waals surface area (Å²) in [5.41, 5.74) is -1.52.